The van der Waals surface area contributed by atoms with Gasteiger partial charge in [0.1, 0.15) is 23.1 Å². The minimum absolute atomic E-state index is 0.277. The van der Waals surface area contributed by atoms with Crippen LogP contribution in [0.2, 0.25) is 0 Å². The predicted octanol–water partition coefficient (Wildman–Crippen LogP) is 6.09. The summed E-state index contributed by atoms with van der Waals surface area (Å²) in [6.45, 7) is 5.07. The Morgan fingerprint density at radius 3 is 2.35 bits per heavy atom. The molecule has 3 aromatic carbocycles. The van der Waals surface area contributed by atoms with Crippen LogP contribution < -0.4 is 14.8 Å². The molecule has 0 saturated carbocycles. The number of hydrogen-bond donors (Lipinski definition) is 1. The normalized spacial score (nSPS) is 13.8. The average Bonchev–Trinajstić information content (AvgIpc) is 3.32. The topological polar surface area (TPSA) is 33.7 Å². The number of benzene rings is 3. The molecule has 0 aromatic heterocycles. The number of nitrogens with zero attached hydrogens (tertiary/aromatic N) is 1. The van der Waals surface area contributed by atoms with Crippen LogP contribution in [0.5, 0.6) is 17.2 Å². The first kappa shape index (κ1) is 21.2. The molecule has 1 N–H and O–H groups in total. The van der Waals surface area contributed by atoms with Crippen LogP contribution in [0.3, 0.4) is 0 Å². The molecule has 1 aliphatic rings. The van der Waals surface area contributed by atoms with E-state index >= 15 is 0 Å². The summed E-state index contributed by atoms with van der Waals surface area (Å²) in [6, 6.07) is 22.0. The molecular weight excluding hydrogens is 391 g/mol. The molecule has 1 saturated heterocycles. The second-order valence-corrected chi connectivity index (χ2v) is 7.83. The lowest BCUT2D eigenvalue weighted by molar-refractivity contribution is 0.263. The van der Waals surface area contributed by atoms with Crippen molar-refractivity contribution in [2.24, 2.45) is 0 Å². The number of anilines is 1. The van der Waals surface area contributed by atoms with Crippen molar-refractivity contribution in [3.8, 4) is 17.2 Å². The van der Waals surface area contributed by atoms with Crippen LogP contribution in [0.25, 0.3) is 0 Å². The average molecular weight is 421 g/mol. The monoisotopic (exact) mass is 420 g/mol. The van der Waals surface area contributed by atoms with Gasteiger partial charge in [-0.3, -0.25) is 0 Å². The van der Waals surface area contributed by atoms with Crippen molar-refractivity contribution in [1.29, 1.82) is 0 Å². The van der Waals surface area contributed by atoms with Crippen molar-refractivity contribution in [2.75, 3.05) is 31.6 Å². The van der Waals surface area contributed by atoms with Gasteiger partial charge in [0.25, 0.3) is 0 Å². The first-order valence-corrected chi connectivity index (χ1v) is 11.0. The maximum atomic E-state index is 13.0. The van der Waals surface area contributed by atoms with Crippen molar-refractivity contribution in [3.05, 3.63) is 84.2 Å². The van der Waals surface area contributed by atoms with Crippen molar-refractivity contribution in [1.82, 2.24) is 4.90 Å². The molecule has 0 unspecified atom stereocenters. The highest BCUT2D eigenvalue weighted by atomic mass is 19.1. The fourth-order valence-corrected chi connectivity index (χ4v) is 3.70. The highest BCUT2D eigenvalue weighted by Gasteiger charge is 2.10. The third kappa shape index (κ3) is 6.72. The maximum Gasteiger partial charge on any atom is 0.129 e. The highest BCUT2D eigenvalue weighted by molar-refractivity contribution is 5.49. The van der Waals surface area contributed by atoms with E-state index in [2.05, 4.69) is 22.3 Å². The number of hydrogen-bond acceptors (Lipinski definition) is 4. The Hall–Kier alpha value is -3.05. The van der Waals surface area contributed by atoms with Crippen LogP contribution in [0.1, 0.15) is 24.8 Å². The molecule has 0 amide bonds. The van der Waals surface area contributed by atoms with Gasteiger partial charge in [0.2, 0.25) is 0 Å². The molecule has 1 heterocycles. The minimum atomic E-state index is -0.277. The van der Waals surface area contributed by atoms with E-state index in [1.807, 2.05) is 36.4 Å². The van der Waals surface area contributed by atoms with Gasteiger partial charge in [-0.05, 0) is 86.4 Å². The number of rotatable bonds is 10. The summed E-state index contributed by atoms with van der Waals surface area (Å²) in [7, 11) is 0. The van der Waals surface area contributed by atoms with Crippen LogP contribution in [-0.4, -0.2) is 31.1 Å². The van der Waals surface area contributed by atoms with Gasteiger partial charge in [0, 0.05) is 24.8 Å². The van der Waals surface area contributed by atoms with E-state index in [0.717, 1.165) is 31.0 Å². The van der Waals surface area contributed by atoms with Crippen molar-refractivity contribution < 1.29 is 13.9 Å². The van der Waals surface area contributed by atoms with Crippen LogP contribution in [0.4, 0.5) is 10.1 Å². The second-order valence-electron chi connectivity index (χ2n) is 7.83. The van der Waals surface area contributed by atoms with E-state index in [0.29, 0.717) is 18.0 Å². The van der Waals surface area contributed by atoms with Gasteiger partial charge in [-0.25, -0.2) is 4.39 Å². The summed E-state index contributed by atoms with van der Waals surface area (Å²) < 4.78 is 24.7. The number of likely N-dealkylation sites (tertiary alicyclic amines) is 1. The summed E-state index contributed by atoms with van der Waals surface area (Å²) in [5.41, 5.74) is 2.14. The first-order chi connectivity index (χ1) is 15.2. The molecule has 0 spiro atoms. The van der Waals surface area contributed by atoms with Crippen molar-refractivity contribution in [2.45, 2.75) is 25.8 Å². The Morgan fingerprint density at radius 1 is 0.839 bits per heavy atom. The smallest absolute Gasteiger partial charge is 0.129 e. The minimum Gasteiger partial charge on any atom is -0.494 e. The highest BCUT2D eigenvalue weighted by Crippen LogP contribution is 2.25. The molecule has 4 nitrogen and oxygen atoms in total. The zero-order chi connectivity index (χ0) is 21.3. The van der Waals surface area contributed by atoms with E-state index in [1.54, 1.807) is 12.1 Å². The fourth-order valence-electron chi connectivity index (χ4n) is 3.70. The number of ether oxygens (including phenoxy) is 2. The molecule has 0 aliphatic carbocycles. The molecule has 1 fully saturated rings. The Kier molecular flexibility index (Phi) is 7.40. The van der Waals surface area contributed by atoms with Gasteiger partial charge in [-0.1, -0.05) is 18.2 Å². The van der Waals surface area contributed by atoms with E-state index in [-0.39, 0.29) is 5.82 Å². The zero-order valence-corrected chi connectivity index (χ0v) is 17.7. The first-order valence-electron chi connectivity index (χ1n) is 11.0. The largest absolute Gasteiger partial charge is 0.494 e. The summed E-state index contributed by atoms with van der Waals surface area (Å²) >= 11 is 0. The third-order valence-electron chi connectivity index (χ3n) is 5.39. The van der Waals surface area contributed by atoms with Gasteiger partial charge < -0.3 is 19.7 Å². The van der Waals surface area contributed by atoms with Crippen LogP contribution in [0, 0.1) is 5.82 Å². The SMILES string of the molecule is Fc1ccc(Oc2cccc(NCc3ccc(OCCCN4CCCC4)cc3)c2)cc1. The van der Waals surface area contributed by atoms with Crippen molar-refractivity contribution >= 4 is 5.69 Å². The molecule has 0 bridgehead atoms. The number of halogens is 1. The fraction of sp³-hybridized carbons (Fsp3) is 0.308. The maximum absolute atomic E-state index is 13.0. The Balaban J connectivity index is 1.22. The summed E-state index contributed by atoms with van der Waals surface area (Å²) in [4.78, 5) is 2.51. The molecule has 162 valence electrons. The molecule has 1 aliphatic heterocycles. The molecule has 0 atom stereocenters. The molecule has 3 aromatic rings. The third-order valence-corrected chi connectivity index (χ3v) is 5.39. The number of nitrogens with one attached hydrogen (secondary N) is 1. The molecule has 5 heteroatoms. The lowest BCUT2D eigenvalue weighted by Crippen LogP contribution is -2.21. The molecule has 0 radical (unpaired) electrons. The van der Waals surface area contributed by atoms with E-state index in [9.17, 15) is 4.39 Å². The van der Waals surface area contributed by atoms with Gasteiger partial charge in [-0.2, -0.15) is 0 Å². The van der Waals surface area contributed by atoms with E-state index in [4.69, 9.17) is 9.47 Å². The zero-order valence-electron chi connectivity index (χ0n) is 17.7. The summed E-state index contributed by atoms with van der Waals surface area (Å²) in [6.07, 6.45) is 3.74. The molecular formula is C26H29FN2O2. The molecule has 31 heavy (non-hydrogen) atoms. The lowest BCUT2D eigenvalue weighted by Gasteiger charge is -2.14. The Bertz CT molecular complexity index is 938. The lowest BCUT2D eigenvalue weighted by atomic mass is 10.2. The molecule has 4 rings (SSSR count). The Labute approximate surface area is 183 Å². The van der Waals surface area contributed by atoms with E-state index < -0.39 is 0 Å². The van der Waals surface area contributed by atoms with Crippen molar-refractivity contribution in [3.63, 3.8) is 0 Å². The second kappa shape index (κ2) is 10.8. The van der Waals surface area contributed by atoms with Crippen LogP contribution in [0.15, 0.2) is 72.8 Å². The van der Waals surface area contributed by atoms with E-state index in [1.165, 1.54) is 43.6 Å². The van der Waals surface area contributed by atoms with Crippen LogP contribution >= 0.6 is 0 Å². The summed E-state index contributed by atoms with van der Waals surface area (Å²) in [5, 5.41) is 3.41. The van der Waals surface area contributed by atoms with Gasteiger partial charge >= 0.3 is 0 Å². The predicted molar refractivity (Wildman–Crippen MR) is 122 cm³/mol. The van der Waals surface area contributed by atoms with Gasteiger partial charge in [0.05, 0.1) is 6.61 Å². The standard InChI is InChI=1S/C26H29FN2O2/c27-22-9-13-25(14-10-22)31-26-6-3-5-23(19-26)28-20-21-7-11-24(12-8-21)30-18-4-17-29-15-1-2-16-29/h3,5-14,19,28H,1-2,4,15-18,20H2. The Morgan fingerprint density at radius 2 is 1.58 bits per heavy atom. The van der Waals surface area contributed by atoms with Gasteiger partial charge in [-0.15, -0.1) is 0 Å². The van der Waals surface area contributed by atoms with Crippen LogP contribution in [-0.2, 0) is 6.54 Å². The van der Waals surface area contributed by atoms with Gasteiger partial charge in [0.15, 0.2) is 0 Å². The summed E-state index contributed by atoms with van der Waals surface area (Å²) in [5.74, 6) is 1.95. The quantitative estimate of drug-likeness (QED) is 0.402.